The number of carbonyl (C=O) groups is 1. The zero-order valence-electron chi connectivity index (χ0n) is 13.1. The minimum Gasteiger partial charge on any atom is -0.336 e. The number of nitrogens with two attached hydrogens (primary N) is 1. The van der Waals surface area contributed by atoms with Crippen molar-refractivity contribution in [2.45, 2.75) is 32.1 Å². The Balaban J connectivity index is 1.66. The maximum Gasteiger partial charge on any atom is 0.227 e. The van der Waals surface area contributed by atoms with Gasteiger partial charge in [0.1, 0.15) is 5.65 Å². The summed E-state index contributed by atoms with van der Waals surface area (Å²) in [5.74, 6) is 0.972. The molecule has 5 nitrogen and oxygen atoms in total. The summed E-state index contributed by atoms with van der Waals surface area (Å²) in [7, 11) is 1.96. The number of aryl methyl sites for hydroxylation is 1. The van der Waals surface area contributed by atoms with Gasteiger partial charge in [-0.2, -0.15) is 0 Å². The molecule has 0 bridgehead atoms. The van der Waals surface area contributed by atoms with Gasteiger partial charge in [0.05, 0.1) is 5.69 Å². The molecule has 3 rings (SSSR count). The maximum atomic E-state index is 12.5. The number of fused-ring (bicyclic) bond motifs is 1. The Kier molecular flexibility index (Phi) is 4.43. The van der Waals surface area contributed by atoms with E-state index in [1.165, 1.54) is 0 Å². The van der Waals surface area contributed by atoms with Gasteiger partial charge in [-0.1, -0.05) is 0 Å². The molecule has 0 atom stereocenters. The van der Waals surface area contributed by atoms with Crippen molar-refractivity contribution in [3.63, 3.8) is 0 Å². The summed E-state index contributed by atoms with van der Waals surface area (Å²) >= 11 is 0. The number of rotatable bonds is 4. The Bertz CT molecular complexity index is 656. The lowest BCUT2D eigenvalue weighted by Crippen LogP contribution is -2.27. The van der Waals surface area contributed by atoms with Crippen LogP contribution < -0.4 is 11.1 Å². The molecule has 1 fully saturated rings. The second kappa shape index (κ2) is 6.48. The minimum atomic E-state index is 0.126. The predicted molar refractivity (Wildman–Crippen MR) is 88.5 cm³/mol. The Morgan fingerprint density at radius 1 is 1.36 bits per heavy atom. The van der Waals surface area contributed by atoms with Gasteiger partial charge in [-0.05, 0) is 56.7 Å². The van der Waals surface area contributed by atoms with Gasteiger partial charge in [-0.15, -0.1) is 0 Å². The number of hydrogen-bond donors (Lipinski definition) is 2. The number of nitrogens with one attached hydrogen (secondary N) is 1. The standard InChI is InChI=1S/C17H24N4O/c1-21-11-8-14-15(7-10-19-16(14)21)20-17(22)13-4-2-12(3-5-13)6-9-18/h7-8,10-13H,2-6,9,18H2,1H3,(H,19,20,22)/t12-,13-. The number of anilines is 1. The van der Waals surface area contributed by atoms with E-state index in [1.807, 2.05) is 29.9 Å². The molecule has 0 aromatic carbocycles. The molecule has 0 unspecified atom stereocenters. The minimum absolute atomic E-state index is 0.126. The molecule has 0 aliphatic heterocycles. The second-order valence-electron chi connectivity index (χ2n) is 6.31. The summed E-state index contributed by atoms with van der Waals surface area (Å²) < 4.78 is 1.96. The number of nitrogens with zero attached hydrogens (tertiary/aromatic N) is 2. The van der Waals surface area contributed by atoms with E-state index < -0.39 is 0 Å². The first-order valence-corrected chi connectivity index (χ1v) is 8.10. The first-order valence-electron chi connectivity index (χ1n) is 8.10. The van der Waals surface area contributed by atoms with Crippen LogP contribution in [0, 0.1) is 11.8 Å². The average Bonchev–Trinajstić information content (AvgIpc) is 2.91. The highest BCUT2D eigenvalue weighted by molar-refractivity contribution is 6.01. The number of pyridine rings is 1. The molecule has 1 aliphatic carbocycles. The zero-order valence-corrected chi connectivity index (χ0v) is 13.1. The summed E-state index contributed by atoms with van der Waals surface area (Å²) in [6.07, 6.45) is 8.97. The van der Waals surface area contributed by atoms with Gasteiger partial charge < -0.3 is 15.6 Å². The van der Waals surface area contributed by atoms with Crippen LogP contribution in [-0.2, 0) is 11.8 Å². The van der Waals surface area contributed by atoms with Gasteiger partial charge in [-0.25, -0.2) is 4.98 Å². The number of amides is 1. The fraction of sp³-hybridized carbons (Fsp3) is 0.529. The molecule has 0 saturated heterocycles. The molecular weight excluding hydrogens is 276 g/mol. The van der Waals surface area contributed by atoms with Gasteiger partial charge in [0.2, 0.25) is 5.91 Å². The van der Waals surface area contributed by atoms with Crippen molar-refractivity contribution in [3.05, 3.63) is 24.5 Å². The topological polar surface area (TPSA) is 72.9 Å². The largest absolute Gasteiger partial charge is 0.336 e. The van der Waals surface area contributed by atoms with E-state index in [2.05, 4.69) is 10.3 Å². The first kappa shape index (κ1) is 15.0. The Labute approximate surface area is 130 Å². The van der Waals surface area contributed by atoms with Crippen LogP contribution in [0.1, 0.15) is 32.1 Å². The van der Waals surface area contributed by atoms with Crippen molar-refractivity contribution in [3.8, 4) is 0 Å². The average molecular weight is 300 g/mol. The Morgan fingerprint density at radius 2 is 2.14 bits per heavy atom. The van der Waals surface area contributed by atoms with E-state index >= 15 is 0 Å². The van der Waals surface area contributed by atoms with E-state index in [0.29, 0.717) is 5.92 Å². The summed E-state index contributed by atoms with van der Waals surface area (Å²) in [6, 6.07) is 3.87. The second-order valence-corrected chi connectivity index (χ2v) is 6.31. The van der Waals surface area contributed by atoms with E-state index in [9.17, 15) is 4.79 Å². The van der Waals surface area contributed by atoms with Gasteiger partial charge in [0.25, 0.3) is 0 Å². The smallest absolute Gasteiger partial charge is 0.227 e. The molecule has 1 aliphatic rings. The van der Waals surface area contributed by atoms with E-state index in [0.717, 1.165) is 55.4 Å². The van der Waals surface area contributed by atoms with Gasteiger partial charge >= 0.3 is 0 Å². The van der Waals surface area contributed by atoms with Crippen LogP contribution in [0.2, 0.25) is 0 Å². The summed E-state index contributed by atoms with van der Waals surface area (Å²) in [4.78, 5) is 16.9. The number of aromatic nitrogens is 2. The molecule has 1 saturated carbocycles. The van der Waals surface area contributed by atoms with Crippen molar-refractivity contribution in [2.75, 3.05) is 11.9 Å². The molecule has 22 heavy (non-hydrogen) atoms. The molecule has 5 heteroatoms. The third-order valence-electron chi connectivity index (χ3n) is 4.82. The summed E-state index contributed by atoms with van der Waals surface area (Å²) in [5.41, 5.74) is 7.38. The Morgan fingerprint density at radius 3 is 2.86 bits per heavy atom. The lowest BCUT2D eigenvalue weighted by molar-refractivity contribution is -0.121. The monoisotopic (exact) mass is 300 g/mol. The summed E-state index contributed by atoms with van der Waals surface area (Å²) in [6.45, 7) is 0.754. The summed E-state index contributed by atoms with van der Waals surface area (Å²) in [5, 5.41) is 4.09. The molecule has 1 amide bonds. The molecule has 2 aromatic rings. The predicted octanol–water partition coefficient (Wildman–Crippen LogP) is 2.67. The van der Waals surface area contributed by atoms with Crippen LogP contribution in [0.4, 0.5) is 5.69 Å². The number of carbonyl (C=O) groups excluding carboxylic acids is 1. The highest BCUT2D eigenvalue weighted by Crippen LogP contribution is 2.32. The highest BCUT2D eigenvalue weighted by Gasteiger charge is 2.26. The molecule has 118 valence electrons. The molecule has 2 aromatic heterocycles. The fourth-order valence-corrected chi connectivity index (χ4v) is 3.46. The lowest BCUT2D eigenvalue weighted by Gasteiger charge is -2.27. The third kappa shape index (κ3) is 2.99. The third-order valence-corrected chi connectivity index (χ3v) is 4.82. The van der Waals surface area contributed by atoms with Crippen molar-refractivity contribution in [1.29, 1.82) is 0 Å². The van der Waals surface area contributed by atoms with Crippen molar-refractivity contribution < 1.29 is 4.79 Å². The quantitative estimate of drug-likeness (QED) is 0.911. The van der Waals surface area contributed by atoms with E-state index in [4.69, 9.17) is 5.73 Å². The van der Waals surface area contributed by atoms with E-state index in [1.54, 1.807) is 6.20 Å². The van der Waals surface area contributed by atoms with Gasteiger partial charge in [-0.3, -0.25) is 4.79 Å². The lowest BCUT2D eigenvalue weighted by atomic mass is 9.80. The van der Waals surface area contributed by atoms with Crippen LogP contribution in [0.15, 0.2) is 24.5 Å². The van der Waals surface area contributed by atoms with Crippen molar-refractivity contribution >= 4 is 22.6 Å². The Hall–Kier alpha value is -1.88. The number of hydrogen-bond acceptors (Lipinski definition) is 3. The van der Waals surface area contributed by atoms with Crippen LogP contribution in [0.5, 0.6) is 0 Å². The normalized spacial score (nSPS) is 21.9. The highest BCUT2D eigenvalue weighted by atomic mass is 16.1. The van der Waals surface area contributed by atoms with Crippen molar-refractivity contribution in [1.82, 2.24) is 9.55 Å². The molecule has 2 heterocycles. The first-order chi connectivity index (χ1) is 10.7. The fourth-order valence-electron chi connectivity index (χ4n) is 3.46. The van der Waals surface area contributed by atoms with Crippen LogP contribution in [0.25, 0.3) is 11.0 Å². The SMILES string of the molecule is Cn1ccc2c(NC(=O)[C@H]3CC[C@H](CCN)CC3)ccnc21. The van der Waals surface area contributed by atoms with Crippen LogP contribution in [-0.4, -0.2) is 22.0 Å². The maximum absolute atomic E-state index is 12.5. The molecule has 0 radical (unpaired) electrons. The van der Waals surface area contributed by atoms with Crippen molar-refractivity contribution in [2.24, 2.45) is 24.6 Å². The molecule has 3 N–H and O–H groups in total. The van der Waals surface area contributed by atoms with Crippen LogP contribution >= 0.6 is 0 Å². The molecule has 0 spiro atoms. The van der Waals surface area contributed by atoms with Crippen LogP contribution in [0.3, 0.4) is 0 Å². The zero-order chi connectivity index (χ0) is 15.5. The molecular formula is C17H24N4O. The van der Waals surface area contributed by atoms with E-state index in [-0.39, 0.29) is 11.8 Å². The van der Waals surface area contributed by atoms with Gasteiger partial charge in [0.15, 0.2) is 0 Å². The van der Waals surface area contributed by atoms with Gasteiger partial charge in [0, 0.05) is 30.7 Å².